The molecular formula is C13H19N3O2. The van der Waals surface area contributed by atoms with Crippen molar-refractivity contribution >= 4 is 5.97 Å². The minimum absolute atomic E-state index is 0.462. The Bertz CT molecular complexity index is 388. The molecule has 1 aliphatic heterocycles. The Hall–Kier alpha value is -1.46. The van der Waals surface area contributed by atoms with E-state index in [-0.39, 0.29) is 0 Å². The van der Waals surface area contributed by atoms with Crippen LogP contribution in [0.25, 0.3) is 0 Å². The third-order valence-corrected chi connectivity index (χ3v) is 3.44. The fraction of sp³-hybridized carbons (Fsp3) is 0.538. The lowest BCUT2D eigenvalue weighted by molar-refractivity contribution is -0.139. The highest BCUT2D eigenvalue weighted by molar-refractivity contribution is 5.76. The van der Waals surface area contributed by atoms with Gasteiger partial charge in [0.15, 0.2) is 0 Å². The fourth-order valence-corrected chi connectivity index (χ4v) is 2.21. The second-order valence-corrected chi connectivity index (χ2v) is 4.78. The van der Waals surface area contributed by atoms with Crippen LogP contribution in [0.4, 0.5) is 0 Å². The van der Waals surface area contributed by atoms with E-state index in [1.807, 2.05) is 0 Å². The number of likely N-dealkylation sites (N-methyl/N-ethyl adjacent to an activating group) is 1. The molecule has 5 heteroatoms. The van der Waals surface area contributed by atoms with Gasteiger partial charge in [-0.05, 0) is 24.7 Å². The van der Waals surface area contributed by atoms with Gasteiger partial charge in [0.25, 0.3) is 0 Å². The molecule has 1 aromatic rings. The van der Waals surface area contributed by atoms with Gasteiger partial charge in [-0.25, -0.2) is 0 Å². The van der Waals surface area contributed by atoms with E-state index in [1.54, 1.807) is 24.5 Å². The quantitative estimate of drug-likeness (QED) is 0.842. The van der Waals surface area contributed by atoms with E-state index in [9.17, 15) is 9.90 Å². The largest absolute Gasteiger partial charge is 0.481 e. The topological polar surface area (TPSA) is 56.7 Å². The van der Waals surface area contributed by atoms with Crippen molar-refractivity contribution < 1.29 is 9.90 Å². The Morgan fingerprint density at radius 2 is 1.94 bits per heavy atom. The molecule has 1 atom stereocenters. The maximum Gasteiger partial charge on any atom is 0.312 e. The first-order chi connectivity index (χ1) is 8.66. The minimum Gasteiger partial charge on any atom is -0.481 e. The van der Waals surface area contributed by atoms with Crippen LogP contribution in [0, 0.1) is 0 Å². The van der Waals surface area contributed by atoms with Gasteiger partial charge in [0.1, 0.15) is 0 Å². The Morgan fingerprint density at radius 1 is 1.33 bits per heavy atom. The highest BCUT2D eigenvalue weighted by atomic mass is 16.4. The second kappa shape index (κ2) is 5.93. The van der Waals surface area contributed by atoms with Crippen LogP contribution < -0.4 is 0 Å². The lowest BCUT2D eigenvalue weighted by Gasteiger charge is -2.33. The van der Waals surface area contributed by atoms with Gasteiger partial charge < -0.3 is 10.0 Å². The van der Waals surface area contributed by atoms with Crippen molar-refractivity contribution in [2.75, 3.05) is 39.8 Å². The van der Waals surface area contributed by atoms with Crippen LogP contribution in [0.3, 0.4) is 0 Å². The molecule has 0 radical (unpaired) electrons. The summed E-state index contributed by atoms with van der Waals surface area (Å²) in [6, 6.07) is 3.57. The number of piperazine rings is 1. The molecule has 0 aromatic carbocycles. The van der Waals surface area contributed by atoms with Crippen LogP contribution in [0.2, 0.25) is 0 Å². The molecule has 1 aromatic heterocycles. The Morgan fingerprint density at radius 3 is 2.50 bits per heavy atom. The van der Waals surface area contributed by atoms with Crippen molar-refractivity contribution in [3.05, 3.63) is 30.1 Å². The summed E-state index contributed by atoms with van der Waals surface area (Å²) in [4.78, 5) is 19.8. The summed E-state index contributed by atoms with van der Waals surface area (Å²) < 4.78 is 0. The Kier molecular flexibility index (Phi) is 4.28. The predicted molar refractivity (Wildman–Crippen MR) is 68.6 cm³/mol. The Balaban J connectivity index is 2.01. The van der Waals surface area contributed by atoms with Crippen molar-refractivity contribution in [2.45, 2.75) is 5.92 Å². The number of nitrogens with zero attached hydrogens (tertiary/aromatic N) is 3. The standard InChI is InChI=1S/C13H19N3O2/c1-15-6-8-16(9-7-15)10-12(13(17)18)11-2-4-14-5-3-11/h2-5,12H,6-10H2,1H3,(H,17,18). The zero-order valence-electron chi connectivity index (χ0n) is 10.6. The number of hydrogen-bond donors (Lipinski definition) is 1. The van der Waals surface area contributed by atoms with Gasteiger partial charge in [-0.15, -0.1) is 0 Å². The number of carboxylic acid groups (broad SMARTS) is 1. The zero-order chi connectivity index (χ0) is 13.0. The second-order valence-electron chi connectivity index (χ2n) is 4.78. The maximum atomic E-state index is 11.4. The number of hydrogen-bond acceptors (Lipinski definition) is 4. The summed E-state index contributed by atoms with van der Waals surface area (Å²) in [6.45, 7) is 4.45. The van der Waals surface area contributed by atoms with E-state index >= 15 is 0 Å². The summed E-state index contributed by atoms with van der Waals surface area (Å²) in [6.07, 6.45) is 3.30. The van der Waals surface area contributed by atoms with Crippen molar-refractivity contribution in [1.29, 1.82) is 0 Å². The van der Waals surface area contributed by atoms with Crippen molar-refractivity contribution in [2.24, 2.45) is 0 Å². The van der Waals surface area contributed by atoms with Gasteiger partial charge in [-0.1, -0.05) is 0 Å². The summed E-state index contributed by atoms with van der Waals surface area (Å²) in [5, 5.41) is 9.35. The lowest BCUT2D eigenvalue weighted by atomic mass is 9.99. The number of pyridine rings is 1. The first-order valence-electron chi connectivity index (χ1n) is 6.20. The van der Waals surface area contributed by atoms with Crippen molar-refractivity contribution in [3.8, 4) is 0 Å². The van der Waals surface area contributed by atoms with Gasteiger partial charge in [0, 0.05) is 45.1 Å². The van der Waals surface area contributed by atoms with Gasteiger partial charge in [0.2, 0.25) is 0 Å². The van der Waals surface area contributed by atoms with Gasteiger partial charge in [-0.3, -0.25) is 14.7 Å². The minimum atomic E-state index is -0.764. The molecule has 1 unspecified atom stereocenters. The lowest BCUT2D eigenvalue weighted by Crippen LogP contribution is -2.46. The molecule has 1 N–H and O–H groups in total. The average Bonchev–Trinajstić information content (AvgIpc) is 2.38. The van der Waals surface area contributed by atoms with Crippen LogP contribution in [0.1, 0.15) is 11.5 Å². The maximum absolute atomic E-state index is 11.4. The molecule has 0 bridgehead atoms. The molecule has 98 valence electrons. The summed E-state index contributed by atoms with van der Waals surface area (Å²) in [7, 11) is 2.09. The van der Waals surface area contributed by atoms with E-state index in [2.05, 4.69) is 21.8 Å². The Labute approximate surface area is 107 Å². The average molecular weight is 249 g/mol. The molecule has 1 aliphatic rings. The van der Waals surface area contributed by atoms with Crippen LogP contribution >= 0.6 is 0 Å². The number of carbonyl (C=O) groups is 1. The van der Waals surface area contributed by atoms with Crippen LogP contribution in [-0.2, 0) is 4.79 Å². The SMILES string of the molecule is CN1CCN(CC(C(=O)O)c2ccncc2)CC1. The summed E-state index contributed by atoms with van der Waals surface area (Å²) >= 11 is 0. The zero-order valence-corrected chi connectivity index (χ0v) is 10.6. The molecule has 0 saturated carbocycles. The van der Waals surface area contributed by atoms with Gasteiger partial charge in [0.05, 0.1) is 5.92 Å². The molecule has 2 heterocycles. The molecule has 2 rings (SSSR count). The first kappa shape index (κ1) is 13.0. The fourth-order valence-electron chi connectivity index (χ4n) is 2.21. The van der Waals surface area contributed by atoms with Crippen LogP contribution in [0.5, 0.6) is 0 Å². The monoisotopic (exact) mass is 249 g/mol. The van der Waals surface area contributed by atoms with Gasteiger partial charge in [-0.2, -0.15) is 0 Å². The van der Waals surface area contributed by atoms with E-state index < -0.39 is 11.9 Å². The van der Waals surface area contributed by atoms with E-state index in [1.165, 1.54) is 0 Å². The van der Waals surface area contributed by atoms with E-state index in [4.69, 9.17) is 0 Å². The van der Waals surface area contributed by atoms with E-state index in [0.717, 1.165) is 31.7 Å². The number of carboxylic acids is 1. The molecule has 5 nitrogen and oxygen atoms in total. The third kappa shape index (κ3) is 3.27. The van der Waals surface area contributed by atoms with Crippen molar-refractivity contribution in [1.82, 2.24) is 14.8 Å². The molecule has 0 aliphatic carbocycles. The summed E-state index contributed by atoms with van der Waals surface area (Å²) in [5.74, 6) is -1.23. The summed E-state index contributed by atoms with van der Waals surface area (Å²) in [5.41, 5.74) is 0.830. The van der Waals surface area contributed by atoms with Crippen LogP contribution in [-0.4, -0.2) is 65.6 Å². The molecule has 18 heavy (non-hydrogen) atoms. The normalized spacial score (nSPS) is 19.6. The molecule has 0 spiro atoms. The molecule has 1 saturated heterocycles. The molecule has 1 fully saturated rings. The first-order valence-corrected chi connectivity index (χ1v) is 6.20. The van der Waals surface area contributed by atoms with Crippen molar-refractivity contribution in [3.63, 3.8) is 0 Å². The number of rotatable bonds is 4. The highest BCUT2D eigenvalue weighted by Gasteiger charge is 2.24. The predicted octanol–water partition coefficient (Wildman–Crippen LogP) is 0.497. The van der Waals surface area contributed by atoms with Gasteiger partial charge >= 0.3 is 5.97 Å². The van der Waals surface area contributed by atoms with Crippen LogP contribution in [0.15, 0.2) is 24.5 Å². The molecular weight excluding hydrogens is 230 g/mol. The molecule has 0 amide bonds. The smallest absolute Gasteiger partial charge is 0.312 e. The number of aliphatic carboxylic acids is 1. The third-order valence-electron chi connectivity index (χ3n) is 3.44. The highest BCUT2D eigenvalue weighted by Crippen LogP contribution is 2.17. The number of aromatic nitrogens is 1. The van der Waals surface area contributed by atoms with E-state index in [0.29, 0.717) is 6.54 Å².